The lowest BCUT2D eigenvalue weighted by molar-refractivity contribution is 0.0507. The highest BCUT2D eigenvalue weighted by atomic mass is 32.2. The maximum absolute atomic E-state index is 13.2. The largest absolute Gasteiger partial charge is 0.508 e. The summed E-state index contributed by atoms with van der Waals surface area (Å²) in [5.41, 5.74) is 8.95. The molecule has 4 N–H and O–H groups in total. The van der Waals surface area contributed by atoms with Gasteiger partial charge in [-0.1, -0.05) is 169 Å². The number of methoxy groups -OCH3 is 3. The van der Waals surface area contributed by atoms with Crippen molar-refractivity contribution in [3.8, 4) is 34.5 Å². The molecular formula is C84H110BN6O13S. The molecule has 0 unspecified atom stereocenters. The van der Waals surface area contributed by atoms with Gasteiger partial charge in [-0.25, -0.2) is 9.59 Å². The van der Waals surface area contributed by atoms with E-state index in [0.717, 1.165) is 83.9 Å². The topological polar surface area (TPSA) is 208 Å². The van der Waals surface area contributed by atoms with Gasteiger partial charge in [0.2, 0.25) is 0 Å². The molecule has 0 spiro atoms. The number of fused-ring (bicyclic) bond motifs is 1. The van der Waals surface area contributed by atoms with Gasteiger partial charge in [-0.05, 0) is 177 Å². The molecule has 0 saturated carbocycles. The highest BCUT2D eigenvalue weighted by Gasteiger charge is 2.52. The molecule has 4 aliphatic rings. The second-order valence-electron chi connectivity index (χ2n) is 26.1. The predicted molar refractivity (Wildman–Crippen MR) is 417 cm³/mol. The summed E-state index contributed by atoms with van der Waals surface area (Å²) in [4.78, 5) is 29.5. The molecule has 9 atom stereocenters. The number of hydrogen-bond donors (Lipinski definition) is 4. The van der Waals surface area contributed by atoms with E-state index in [1.165, 1.54) is 26.6 Å². The Balaban J connectivity index is 0.000000231. The van der Waals surface area contributed by atoms with Gasteiger partial charge < -0.3 is 54.2 Å². The summed E-state index contributed by atoms with van der Waals surface area (Å²) in [6.07, 6.45) is 4.74. The normalized spacial score (nSPS) is 20.3. The second kappa shape index (κ2) is 42.8. The summed E-state index contributed by atoms with van der Waals surface area (Å²) in [5, 5.41) is 19.8. The lowest BCUT2D eigenvalue weighted by atomic mass is 10.1. The summed E-state index contributed by atoms with van der Waals surface area (Å²) in [5.74, 6) is 4.51. The average Bonchev–Trinajstić information content (AvgIpc) is 1.60. The Bertz CT molecular complexity index is 3850. The van der Waals surface area contributed by atoms with Crippen molar-refractivity contribution in [2.24, 2.45) is 0 Å². The Hall–Kier alpha value is -9.09. The van der Waals surface area contributed by atoms with Gasteiger partial charge >= 0.3 is 22.5 Å². The van der Waals surface area contributed by atoms with E-state index in [4.69, 9.17) is 42.4 Å². The number of carbonyl (C=O) groups excluding carboxylic acids is 2. The number of aromatic hydroxyl groups is 1. The summed E-state index contributed by atoms with van der Waals surface area (Å²) >= 11 is 0. The smallest absolute Gasteiger partial charge is 0.410 e. The van der Waals surface area contributed by atoms with Gasteiger partial charge in [0.25, 0.3) is 0 Å². The summed E-state index contributed by atoms with van der Waals surface area (Å²) < 4.78 is 71.1. The lowest BCUT2D eigenvalue weighted by Crippen LogP contribution is -2.56. The third-order valence-electron chi connectivity index (χ3n) is 19.0. The first-order chi connectivity index (χ1) is 49.5. The molecule has 4 aliphatic heterocycles. The molecule has 3 radical (unpaired) electrons. The molecule has 12 rings (SSSR count). The van der Waals surface area contributed by atoms with E-state index >= 15 is 0 Å². The van der Waals surface area contributed by atoms with Crippen LogP contribution < -0.4 is 39.6 Å². The SMILES string of the molecule is C.C.CCc1ccc(O)cc1.CCc1ccc(OC[C@@H]2N[C@H](C)C[C@@H]2NCc2ccc(OC)cc2)cc1.CCc1ccc(OC[C@H]2[C@@H](NCc3ccc(OC)cc3)C[C@@H](C)N2C(=O)OCc2ccccc2)cc1.COc1ccc(CN2[C@H]3C[C@@H](C)N(C(=O)OCc4ccccc4)[C@H]3COS2(=O)=O)cc1.[B]. The number of hydrogen-bond acceptors (Lipinski definition) is 16. The maximum Gasteiger partial charge on any atom is 0.410 e. The lowest BCUT2D eigenvalue weighted by Gasteiger charge is -2.38. The van der Waals surface area contributed by atoms with Crippen LogP contribution >= 0.6 is 0 Å². The standard InChI is InChI=1S/C30H36N2O4.C22H26N2O6S.C22H30N2O2.C8H10O.2CH4.B/c1-4-23-10-16-27(17-11-23)35-21-29-28(31-19-24-12-14-26(34-3)15-13-24)18-22(2)32(29)30(33)36-20-25-8-6-5-7-9-25;1-16-12-20-21(24(16)22(25)29-14-18-6-4-3-5-7-18)15-30-31(26,27)23(20)13-17-8-10-19(28-2)11-9-17;1-4-17-5-11-20(12-6-17)26-15-22-21(13-16(2)24-22)23-14-18-7-9-19(25-3)10-8-18;1-2-7-3-5-8(9)6-4-7;;;/h5-17,22,28-29,31H,4,18-21H2,1-3H3;3-11,16,20-21H,12-15H2,1-2H3;5-12,16,21-24H,4,13-15H2,1-3H3;3-6,9H,2H2,1H3;2*1H4;/t22-,28+,29+;16-,20+,21+;16-,21+,22+;;;;/m111..../s1. The van der Waals surface area contributed by atoms with E-state index in [9.17, 15) is 18.0 Å². The number of likely N-dealkylation sites (tertiary alicyclic amines) is 2. The van der Waals surface area contributed by atoms with E-state index in [0.29, 0.717) is 55.8 Å². The van der Waals surface area contributed by atoms with Crippen LogP contribution in [0.25, 0.3) is 0 Å². The number of aryl methyl sites for hydroxylation is 3. The Labute approximate surface area is 626 Å². The van der Waals surface area contributed by atoms with Gasteiger partial charge in [-0.15, -0.1) is 0 Å². The molecule has 4 fully saturated rings. The number of nitrogens with one attached hydrogen (secondary N) is 3. The van der Waals surface area contributed by atoms with Gasteiger partial charge in [0.15, 0.2) is 0 Å². The number of amides is 2. The predicted octanol–water partition coefficient (Wildman–Crippen LogP) is 14.9. The molecule has 0 bridgehead atoms. The van der Waals surface area contributed by atoms with Crippen molar-refractivity contribution >= 4 is 30.9 Å². The fourth-order valence-corrected chi connectivity index (χ4v) is 14.4. The van der Waals surface area contributed by atoms with E-state index in [-0.39, 0.29) is 85.9 Å². The van der Waals surface area contributed by atoms with Crippen LogP contribution in [-0.4, -0.2) is 144 Å². The Kier molecular flexibility index (Phi) is 34.6. The third-order valence-corrected chi connectivity index (χ3v) is 20.4. The van der Waals surface area contributed by atoms with Crippen molar-refractivity contribution in [2.45, 2.75) is 182 Å². The van der Waals surface area contributed by atoms with Crippen molar-refractivity contribution in [2.75, 3.05) is 41.2 Å². The van der Waals surface area contributed by atoms with Crippen LogP contribution in [0.1, 0.15) is 120 Å². The van der Waals surface area contributed by atoms with Crippen molar-refractivity contribution in [3.05, 3.63) is 251 Å². The Morgan fingerprint density at radius 3 is 1.34 bits per heavy atom. The van der Waals surface area contributed by atoms with Crippen molar-refractivity contribution in [3.63, 3.8) is 0 Å². The molecule has 19 nitrogen and oxygen atoms in total. The van der Waals surface area contributed by atoms with Crippen molar-refractivity contribution in [1.29, 1.82) is 0 Å². The number of phenols is 1. The van der Waals surface area contributed by atoms with Gasteiger partial charge in [0.1, 0.15) is 60.9 Å². The molecule has 105 heavy (non-hydrogen) atoms. The zero-order valence-electron chi connectivity index (χ0n) is 60.9. The number of phenolic OH excluding ortho intramolecular Hbond substituents is 1. The van der Waals surface area contributed by atoms with Crippen LogP contribution in [0.2, 0.25) is 0 Å². The number of rotatable bonds is 24. The highest BCUT2D eigenvalue weighted by molar-refractivity contribution is 7.84. The highest BCUT2D eigenvalue weighted by Crippen LogP contribution is 2.37. The van der Waals surface area contributed by atoms with Crippen LogP contribution in [0.15, 0.2) is 206 Å². The number of benzene rings is 8. The van der Waals surface area contributed by atoms with E-state index < -0.39 is 22.4 Å². The molecule has 8 aromatic carbocycles. The van der Waals surface area contributed by atoms with E-state index in [2.05, 4.69) is 111 Å². The van der Waals surface area contributed by atoms with Gasteiger partial charge in [-0.2, -0.15) is 12.7 Å². The third kappa shape index (κ3) is 25.0. The van der Waals surface area contributed by atoms with Gasteiger partial charge in [-0.3, -0.25) is 14.0 Å². The van der Waals surface area contributed by atoms with Gasteiger partial charge in [0.05, 0.1) is 52.1 Å². The van der Waals surface area contributed by atoms with Crippen LogP contribution in [-0.2, 0) is 76.1 Å². The molecule has 0 aliphatic carbocycles. The minimum absolute atomic E-state index is 0. The second-order valence-corrected chi connectivity index (χ2v) is 27.7. The van der Waals surface area contributed by atoms with Crippen molar-refractivity contribution in [1.82, 2.24) is 30.1 Å². The average molecular weight is 1450 g/mol. The van der Waals surface area contributed by atoms with E-state index in [1.807, 2.05) is 133 Å². The number of nitrogens with zero attached hydrogens (tertiary/aromatic N) is 3. The number of carbonyl (C=O) groups is 2. The van der Waals surface area contributed by atoms with Crippen LogP contribution in [0.5, 0.6) is 34.5 Å². The first-order valence-electron chi connectivity index (χ1n) is 35.4. The van der Waals surface area contributed by atoms with Crippen LogP contribution in [0.3, 0.4) is 0 Å². The minimum atomic E-state index is -3.90. The zero-order chi connectivity index (χ0) is 72.4. The molecule has 0 aromatic heterocycles. The fourth-order valence-electron chi connectivity index (χ4n) is 13.1. The molecular weight excluding hydrogens is 1340 g/mol. The number of ether oxygens (including phenoxy) is 7. The molecule has 21 heteroatoms. The summed E-state index contributed by atoms with van der Waals surface area (Å²) in [7, 11) is 1.04. The van der Waals surface area contributed by atoms with Gasteiger partial charge in [0, 0.05) is 58.3 Å². The first-order valence-corrected chi connectivity index (χ1v) is 36.8. The quantitative estimate of drug-likeness (QED) is 0.0415. The van der Waals surface area contributed by atoms with E-state index in [1.54, 1.807) is 50.5 Å². The first kappa shape index (κ1) is 84.8. The Morgan fingerprint density at radius 2 is 0.886 bits per heavy atom. The molecule has 2 amide bonds. The van der Waals surface area contributed by atoms with Crippen LogP contribution in [0.4, 0.5) is 9.59 Å². The minimum Gasteiger partial charge on any atom is -0.508 e. The monoisotopic (exact) mass is 1450 g/mol. The van der Waals surface area contributed by atoms with Crippen molar-refractivity contribution < 1.29 is 60.5 Å². The molecule has 4 saturated heterocycles. The molecule has 563 valence electrons. The zero-order valence-corrected chi connectivity index (χ0v) is 61.7. The van der Waals surface area contributed by atoms with Crippen LogP contribution in [0, 0.1) is 0 Å². The fraction of sp³-hybridized carbons (Fsp3) is 0.405. The summed E-state index contributed by atoms with van der Waals surface area (Å²) in [6, 6.07) is 66.7. The molecule has 4 heterocycles. The maximum atomic E-state index is 13.2. The Morgan fingerprint density at radius 1 is 0.486 bits per heavy atom. The molecule has 8 aromatic rings. The summed E-state index contributed by atoms with van der Waals surface area (Å²) in [6.45, 7) is 15.7.